The topological polar surface area (TPSA) is 31.4 Å². The van der Waals surface area contributed by atoms with Crippen molar-refractivity contribution >= 4 is 34.0 Å². The van der Waals surface area contributed by atoms with Gasteiger partial charge in [-0.2, -0.15) is 0 Å². The lowest BCUT2D eigenvalue weighted by molar-refractivity contribution is 0.174. The van der Waals surface area contributed by atoms with Crippen LogP contribution < -0.4 is 9.47 Å². The lowest BCUT2D eigenvalue weighted by atomic mass is 9.92. The number of aryl methyl sites for hydroxylation is 2. The van der Waals surface area contributed by atoms with Gasteiger partial charge in [-0.3, -0.25) is 0 Å². The number of ether oxygens (including phenoxy) is 2. The summed E-state index contributed by atoms with van der Waals surface area (Å²) < 4.78 is 11.0. The summed E-state index contributed by atoms with van der Waals surface area (Å²) in [6, 6.07) is 19.0. The molecule has 0 amide bonds. The Balaban J connectivity index is 0.00000181. The van der Waals surface area contributed by atoms with Gasteiger partial charge in [0.25, 0.3) is 0 Å². The smallest absolute Gasteiger partial charge is 0.231 e. The Hall–Kier alpha value is -2.56. The first-order valence-electron chi connectivity index (χ1n) is 9.77. The van der Waals surface area contributed by atoms with Crippen LogP contribution >= 0.6 is 23.7 Å². The predicted molar refractivity (Wildman–Crippen MR) is 121 cm³/mol. The van der Waals surface area contributed by atoms with Gasteiger partial charge in [-0.1, -0.05) is 30.3 Å². The van der Waals surface area contributed by atoms with Crippen LogP contribution in [0.25, 0.3) is 32.6 Å². The number of hydrogen-bond acceptors (Lipinski definition) is 4. The molecule has 0 fully saturated rings. The van der Waals surface area contributed by atoms with E-state index in [-0.39, 0.29) is 19.2 Å². The third-order valence-corrected chi connectivity index (χ3v) is 6.86. The minimum Gasteiger partial charge on any atom is -0.454 e. The number of fused-ring (bicyclic) bond motifs is 4. The van der Waals surface area contributed by atoms with Crippen LogP contribution in [0.3, 0.4) is 0 Å². The maximum Gasteiger partial charge on any atom is 0.231 e. The Labute approximate surface area is 179 Å². The summed E-state index contributed by atoms with van der Waals surface area (Å²) in [4.78, 5) is 7.76. The molecule has 29 heavy (non-hydrogen) atoms. The molecule has 0 unspecified atom stereocenters. The van der Waals surface area contributed by atoms with Crippen molar-refractivity contribution in [3.63, 3.8) is 0 Å². The van der Waals surface area contributed by atoms with Gasteiger partial charge in [0.05, 0.1) is 5.69 Å². The molecule has 3 heterocycles. The maximum atomic E-state index is 5.58. The number of aromatic nitrogens is 1. The zero-order valence-electron chi connectivity index (χ0n) is 15.8. The summed E-state index contributed by atoms with van der Waals surface area (Å²) in [5.41, 5.74) is 6.12. The number of pyridine rings is 1. The van der Waals surface area contributed by atoms with Gasteiger partial charge < -0.3 is 9.47 Å². The van der Waals surface area contributed by atoms with Crippen molar-refractivity contribution in [2.45, 2.75) is 25.7 Å². The van der Waals surface area contributed by atoms with Crippen LogP contribution in [0.2, 0.25) is 0 Å². The number of nitrogens with zero attached hydrogens (tertiary/aromatic N) is 1. The minimum atomic E-state index is 0. The summed E-state index contributed by atoms with van der Waals surface area (Å²) in [6.07, 6.45) is 4.91. The molecular weight excluding hydrogens is 402 g/mol. The normalized spacial score (nSPS) is 14.5. The first kappa shape index (κ1) is 18.5. The molecule has 146 valence electrons. The molecule has 0 radical (unpaired) electrons. The van der Waals surface area contributed by atoms with Gasteiger partial charge in [0, 0.05) is 15.8 Å². The highest BCUT2D eigenvalue weighted by atomic mass is 35.5. The third kappa shape index (κ3) is 3.07. The van der Waals surface area contributed by atoms with Crippen molar-refractivity contribution in [2.75, 3.05) is 6.79 Å². The summed E-state index contributed by atoms with van der Waals surface area (Å²) in [5, 5.41) is 1.36. The Kier molecular flexibility index (Phi) is 4.69. The van der Waals surface area contributed by atoms with Crippen molar-refractivity contribution in [1.29, 1.82) is 0 Å². The van der Waals surface area contributed by atoms with Crippen LogP contribution in [-0.2, 0) is 12.8 Å². The van der Waals surface area contributed by atoms with E-state index in [1.54, 1.807) is 0 Å². The summed E-state index contributed by atoms with van der Waals surface area (Å²) in [5.74, 6) is 1.60. The van der Waals surface area contributed by atoms with Crippen molar-refractivity contribution in [3.8, 4) is 33.9 Å². The number of hydrogen-bond donors (Lipinski definition) is 0. The fraction of sp³-hybridized carbons (Fsp3) is 0.208. The molecule has 1 aliphatic heterocycles. The fourth-order valence-corrected chi connectivity index (χ4v) is 5.59. The zero-order chi connectivity index (χ0) is 18.5. The standard InChI is InChI=1S/C24H19NO2S.ClH/c1-2-6-15(7-3-1)18-13-19(16-10-11-20-21(12-16)27-14-26-20)25-24-23(18)17-8-4-5-9-22(17)28-24;/h1-3,6-7,10-13H,4-5,8-9,14H2;1H. The first-order chi connectivity index (χ1) is 13.9. The van der Waals surface area contributed by atoms with Crippen molar-refractivity contribution in [1.82, 2.24) is 4.98 Å². The number of benzene rings is 2. The van der Waals surface area contributed by atoms with Crippen molar-refractivity contribution < 1.29 is 9.47 Å². The van der Waals surface area contributed by atoms with Gasteiger partial charge in [-0.25, -0.2) is 4.98 Å². The fourth-order valence-electron chi connectivity index (χ4n) is 4.31. The van der Waals surface area contributed by atoms with E-state index >= 15 is 0 Å². The van der Waals surface area contributed by atoms with Crippen LogP contribution in [0.5, 0.6) is 11.5 Å². The Morgan fingerprint density at radius 3 is 2.55 bits per heavy atom. The molecule has 0 N–H and O–H groups in total. The summed E-state index contributed by atoms with van der Waals surface area (Å²) in [6.45, 7) is 0.290. The molecule has 0 saturated carbocycles. The van der Waals surface area contributed by atoms with Gasteiger partial charge >= 0.3 is 0 Å². The summed E-state index contributed by atoms with van der Waals surface area (Å²) >= 11 is 1.88. The number of thiophene rings is 1. The Morgan fingerprint density at radius 1 is 0.828 bits per heavy atom. The number of halogens is 1. The maximum absolute atomic E-state index is 5.58. The first-order valence-corrected chi connectivity index (χ1v) is 10.6. The van der Waals surface area contributed by atoms with E-state index < -0.39 is 0 Å². The molecule has 3 nitrogen and oxygen atoms in total. The molecule has 4 aromatic rings. The van der Waals surface area contributed by atoms with Gasteiger partial charge in [-0.15, -0.1) is 23.7 Å². The number of rotatable bonds is 2. The largest absolute Gasteiger partial charge is 0.454 e. The van der Waals surface area contributed by atoms with E-state index in [0.29, 0.717) is 0 Å². The highest BCUT2D eigenvalue weighted by Gasteiger charge is 2.22. The molecule has 2 aromatic heterocycles. The van der Waals surface area contributed by atoms with Crippen LogP contribution in [0.4, 0.5) is 0 Å². The predicted octanol–water partition coefficient (Wildman–Crippen LogP) is 6.66. The molecule has 0 saturated heterocycles. The highest BCUT2D eigenvalue weighted by molar-refractivity contribution is 7.19. The average Bonchev–Trinajstić information content (AvgIpc) is 3.37. The van der Waals surface area contributed by atoms with E-state index in [0.717, 1.165) is 27.6 Å². The van der Waals surface area contributed by atoms with E-state index in [9.17, 15) is 0 Å². The van der Waals surface area contributed by atoms with Gasteiger partial charge in [-0.05, 0) is 66.6 Å². The van der Waals surface area contributed by atoms with E-state index in [1.165, 1.54) is 52.6 Å². The van der Waals surface area contributed by atoms with Crippen LogP contribution in [0.15, 0.2) is 54.6 Å². The molecule has 5 heteroatoms. The monoisotopic (exact) mass is 421 g/mol. The lowest BCUT2D eigenvalue weighted by Gasteiger charge is -2.13. The lowest BCUT2D eigenvalue weighted by Crippen LogP contribution is -1.98. The molecule has 0 bridgehead atoms. The molecule has 0 spiro atoms. The van der Waals surface area contributed by atoms with E-state index in [2.05, 4.69) is 42.5 Å². The second kappa shape index (κ2) is 7.36. The third-order valence-electron chi connectivity index (χ3n) is 5.68. The highest BCUT2D eigenvalue weighted by Crippen LogP contribution is 2.43. The molecule has 6 rings (SSSR count). The second-order valence-corrected chi connectivity index (χ2v) is 8.46. The quantitative estimate of drug-likeness (QED) is 0.362. The molecule has 2 aliphatic rings. The van der Waals surface area contributed by atoms with E-state index in [1.807, 2.05) is 23.5 Å². The molecule has 2 aromatic carbocycles. The molecule has 0 atom stereocenters. The summed E-state index contributed by atoms with van der Waals surface area (Å²) in [7, 11) is 0. The SMILES string of the molecule is Cl.c1ccc(-c2cc(-c3ccc4c(c3)OCO4)nc3sc4c(c23)CCCC4)cc1. The van der Waals surface area contributed by atoms with Crippen molar-refractivity contribution in [3.05, 3.63) is 65.0 Å². The van der Waals surface area contributed by atoms with Gasteiger partial charge in [0.1, 0.15) is 4.83 Å². The Bertz CT molecular complexity index is 1200. The van der Waals surface area contributed by atoms with Gasteiger partial charge in [0.2, 0.25) is 6.79 Å². The zero-order valence-corrected chi connectivity index (χ0v) is 17.4. The van der Waals surface area contributed by atoms with Gasteiger partial charge in [0.15, 0.2) is 11.5 Å². The second-order valence-electron chi connectivity index (χ2n) is 7.38. The van der Waals surface area contributed by atoms with Crippen LogP contribution in [0.1, 0.15) is 23.3 Å². The van der Waals surface area contributed by atoms with E-state index in [4.69, 9.17) is 14.5 Å². The molecular formula is C24H20ClNO2S. The Morgan fingerprint density at radius 2 is 1.66 bits per heavy atom. The molecule has 1 aliphatic carbocycles. The van der Waals surface area contributed by atoms with Crippen LogP contribution in [0, 0.1) is 0 Å². The van der Waals surface area contributed by atoms with Crippen LogP contribution in [-0.4, -0.2) is 11.8 Å². The van der Waals surface area contributed by atoms with Crippen molar-refractivity contribution in [2.24, 2.45) is 0 Å². The average molecular weight is 422 g/mol. The minimum absolute atomic E-state index is 0.